The van der Waals surface area contributed by atoms with Gasteiger partial charge in [0.05, 0.1) is 12.6 Å². The van der Waals surface area contributed by atoms with Crippen LogP contribution in [0.15, 0.2) is 34.9 Å². The van der Waals surface area contributed by atoms with Gasteiger partial charge in [0.25, 0.3) is 0 Å². The van der Waals surface area contributed by atoms with E-state index in [4.69, 9.17) is 4.52 Å². The van der Waals surface area contributed by atoms with Crippen molar-refractivity contribution in [1.82, 2.24) is 20.9 Å². The van der Waals surface area contributed by atoms with Gasteiger partial charge in [-0.15, -0.1) is 0 Å². The molecule has 3 rings (SSSR count). The van der Waals surface area contributed by atoms with Gasteiger partial charge in [-0.05, 0) is 31.7 Å². The second kappa shape index (κ2) is 7.73. The highest BCUT2D eigenvalue weighted by molar-refractivity contribution is 5.91. The minimum absolute atomic E-state index is 0.0734. The van der Waals surface area contributed by atoms with Gasteiger partial charge in [-0.3, -0.25) is 15.1 Å². The van der Waals surface area contributed by atoms with E-state index in [0.29, 0.717) is 18.1 Å². The van der Waals surface area contributed by atoms with E-state index in [2.05, 4.69) is 21.3 Å². The van der Waals surface area contributed by atoms with Crippen molar-refractivity contribution in [2.75, 3.05) is 32.0 Å². The predicted molar refractivity (Wildman–Crippen MR) is 91.1 cm³/mol. The van der Waals surface area contributed by atoms with Crippen LogP contribution in [0.2, 0.25) is 0 Å². The first-order valence-electron chi connectivity index (χ1n) is 8.17. The molecule has 0 radical (unpaired) electrons. The third-order valence-electron chi connectivity index (χ3n) is 4.18. The van der Waals surface area contributed by atoms with Crippen molar-refractivity contribution in [2.24, 2.45) is 5.92 Å². The fourth-order valence-corrected chi connectivity index (χ4v) is 3.05. The Morgan fingerprint density at radius 3 is 2.88 bits per heavy atom. The molecule has 1 aliphatic rings. The number of nitrogens with zero attached hydrogens (tertiary/aromatic N) is 2. The molecule has 1 amide bonds. The van der Waals surface area contributed by atoms with Gasteiger partial charge >= 0.3 is 0 Å². The number of likely N-dealkylation sites (N-methyl/N-ethyl adjacent to an activating group) is 1. The molecule has 8 heteroatoms. The molecule has 2 heterocycles. The maximum atomic E-state index is 13.1. The van der Waals surface area contributed by atoms with Gasteiger partial charge in [-0.2, -0.15) is 0 Å². The van der Waals surface area contributed by atoms with Gasteiger partial charge in [0.1, 0.15) is 11.6 Å². The highest BCUT2D eigenvalue weighted by Crippen LogP contribution is 2.25. The summed E-state index contributed by atoms with van der Waals surface area (Å²) in [5, 5.41) is 6.46. The summed E-state index contributed by atoms with van der Waals surface area (Å²) < 4.78 is 18.0. The Balaban J connectivity index is 1.53. The van der Waals surface area contributed by atoms with E-state index in [1.165, 1.54) is 12.1 Å². The van der Waals surface area contributed by atoms with Crippen LogP contribution in [0.5, 0.6) is 0 Å². The van der Waals surface area contributed by atoms with Crippen molar-refractivity contribution in [1.29, 1.82) is 0 Å². The third-order valence-corrected chi connectivity index (χ3v) is 4.18. The van der Waals surface area contributed by atoms with Crippen molar-refractivity contribution >= 4 is 11.7 Å². The van der Waals surface area contributed by atoms with Crippen molar-refractivity contribution < 1.29 is 13.7 Å². The first-order chi connectivity index (χ1) is 12.0. The lowest BCUT2D eigenvalue weighted by Crippen LogP contribution is -2.36. The molecule has 2 atom stereocenters. The van der Waals surface area contributed by atoms with Gasteiger partial charge in [0, 0.05) is 25.1 Å². The Morgan fingerprint density at radius 1 is 1.44 bits per heavy atom. The second-order valence-electron chi connectivity index (χ2n) is 6.38. The highest BCUT2D eigenvalue weighted by Gasteiger charge is 2.29. The molecule has 1 aliphatic heterocycles. The second-order valence-corrected chi connectivity index (χ2v) is 6.38. The number of amides is 1. The zero-order valence-corrected chi connectivity index (χ0v) is 14.3. The molecule has 134 valence electrons. The minimum atomic E-state index is -0.247. The minimum Gasteiger partial charge on any atom is -0.360 e. The fourth-order valence-electron chi connectivity index (χ4n) is 3.05. The van der Waals surface area contributed by atoms with Gasteiger partial charge in [-0.1, -0.05) is 17.3 Å². The lowest BCUT2D eigenvalue weighted by atomic mass is 9.94. The SMILES string of the molecule is Cc1cc(NC(=O)CN(C)CC2CNNC2c2ccc(F)cc2)no1. The lowest BCUT2D eigenvalue weighted by Gasteiger charge is -2.24. The first-order valence-corrected chi connectivity index (χ1v) is 8.17. The molecule has 1 fully saturated rings. The Hall–Kier alpha value is -2.29. The number of carbonyl (C=O) groups excluding carboxylic acids is 1. The Morgan fingerprint density at radius 2 is 2.20 bits per heavy atom. The summed E-state index contributed by atoms with van der Waals surface area (Å²) in [6.07, 6.45) is 0. The average Bonchev–Trinajstić information content (AvgIpc) is 3.17. The summed E-state index contributed by atoms with van der Waals surface area (Å²) in [5.74, 6) is 0.937. The van der Waals surface area contributed by atoms with Gasteiger partial charge in [0.2, 0.25) is 5.91 Å². The van der Waals surface area contributed by atoms with Crippen LogP contribution in [0.25, 0.3) is 0 Å². The van der Waals surface area contributed by atoms with Crippen LogP contribution in [0, 0.1) is 18.7 Å². The van der Waals surface area contributed by atoms with Crippen LogP contribution in [0.1, 0.15) is 17.4 Å². The molecule has 2 unspecified atom stereocenters. The molecule has 0 spiro atoms. The molecule has 1 saturated heterocycles. The fraction of sp³-hybridized carbons (Fsp3) is 0.412. The van der Waals surface area contributed by atoms with Gasteiger partial charge < -0.3 is 9.84 Å². The standard InChI is InChI=1S/C17H22FN5O2/c1-11-7-15(22-25-11)20-16(24)10-23(2)9-13-8-19-21-17(13)12-3-5-14(18)6-4-12/h3-7,13,17,19,21H,8-10H2,1-2H3,(H,20,22,24). The summed E-state index contributed by atoms with van der Waals surface area (Å²) in [6, 6.07) is 8.24. The third kappa shape index (κ3) is 4.62. The van der Waals surface area contributed by atoms with Crippen LogP contribution in [0.3, 0.4) is 0 Å². The van der Waals surface area contributed by atoms with Crippen molar-refractivity contribution in [3.63, 3.8) is 0 Å². The number of hydrazine groups is 1. The molecule has 1 aromatic carbocycles. The van der Waals surface area contributed by atoms with E-state index in [0.717, 1.165) is 12.1 Å². The van der Waals surface area contributed by atoms with Crippen LogP contribution in [-0.4, -0.2) is 42.6 Å². The molecule has 1 aromatic heterocycles. The topological polar surface area (TPSA) is 82.4 Å². The number of halogens is 1. The van der Waals surface area contributed by atoms with Gasteiger partial charge in [-0.25, -0.2) is 9.82 Å². The largest absolute Gasteiger partial charge is 0.360 e. The number of benzene rings is 1. The smallest absolute Gasteiger partial charge is 0.239 e. The summed E-state index contributed by atoms with van der Waals surface area (Å²) in [6.45, 7) is 3.51. The van der Waals surface area contributed by atoms with E-state index in [1.54, 1.807) is 25.1 Å². The maximum absolute atomic E-state index is 13.1. The predicted octanol–water partition coefficient (Wildman–Crippen LogP) is 1.46. The molecule has 25 heavy (non-hydrogen) atoms. The highest BCUT2D eigenvalue weighted by atomic mass is 19.1. The van der Waals surface area contributed by atoms with E-state index in [1.807, 2.05) is 11.9 Å². The normalized spacial score (nSPS) is 20.2. The van der Waals surface area contributed by atoms with Crippen LogP contribution < -0.4 is 16.2 Å². The van der Waals surface area contributed by atoms with Crippen LogP contribution >= 0.6 is 0 Å². The molecular weight excluding hydrogens is 325 g/mol. The number of hydrogen-bond donors (Lipinski definition) is 3. The summed E-state index contributed by atoms with van der Waals surface area (Å²) in [7, 11) is 1.90. The Kier molecular flexibility index (Phi) is 5.42. The number of nitrogens with one attached hydrogen (secondary N) is 3. The molecule has 0 aliphatic carbocycles. The van der Waals surface area contributed by atoms with E-state index >= 15 is 0 Å². The van der Waals surface area contributed by atoms with Crippen molar-refractivity contribution in [3.05, 3.63) is 47.5 Å². The van der Waals surface area contributed by atoms with E-state index in [9.17, 15) is 9.18 Å². The Bertz CT molecular complexity index is 718. The molecule has 0 saturated carbocycles. The maximum Gasteiger partial charge on any atom is 0.239 e. The molecule has 3 N–H and O–H groups in total. The van der Waals surface area contributed by atoms with E-state index in [-0.39, 0.29) is 30.2 Å². The van der Waals surface area contributed by atoms with Crippen molar-refractivity contribution in [2.45, 2.75) is 13.0 Å². The molecule has 7 nitrogen and oxygen atoms in total. The zero-order valence-electron chi connectivity index (χ0n) is 14.3. The number of anilines is 1. The molecular formula is C17H22FN5O2. The number of rotatable bonds is 6. The molecule has 0 bridgehead atoms. The quantitative estimate of drug-likeness (QED) is 0.734. The monoisotopic (exact) mass is 347 g/mol. The van der Waals surface area contributed by atoms with Crippen LogP contribution in [-0.2, 0) is 4.79 Å². The Labute approximate surface area is 145 Å². The first kappa shape index (κ1) is 17.5. The lowest BCUT2D eigenvalue weighted by molar-refractivity contribution is -0.117. The van der Waals surface area contributed by atoms with Crippen LogP contribution in [0.4, 0.5) is 10.2 Å². The van der Waals surface area contributed by atoms with Gasteiger partial charge in [0.15, 0.2) is 5.82 Å². The average molecular weight is 347 g/mol. The number of aryl methyl sites for hydroxylation is 1. The zero-order chi connectivity index (χ0) is 17.8. The summed E-state index contributed by atoms with van der Waals surface area (Å²) in [4.78, 5) is 14.0. The number of aromatic nitrogens is 1. The number of carbonyl (C=O) groups is 1. The summed E-state index contributed by atoms with van der Waals surface area (Å²) >= 11 is 0. The molecule has 2 aromatic rings. The van der Waals surface area contributed by atoms with E-state index < -0.39 is 0 Å². The number of hydrogen-bond acceptors (Lipinski definition) is 6. The van der Waals surface area contributed by atoms with Crippen molar-refractivity contribution in [3.8, 4) is 0 Å². The summed E-state index contributed by atoms with van der Waals surface area (Å²) in [5.41, 5.74) is 7.39.